The molecule has 1 heterocycles. The molecule has 1 aliphatic rings. The van der Waals surface area contributed by atoms with Crippen molar-refractivity contribution in [1.29, 1.82) is 0 Å². The second-order valence-corrected chi connectivity index (χ2v) is 8.07. The first-order valence-electron chi connectivity index (χ1n) is 6.70. The zero-order valence-electron chi connectivity index (χ0n) is 12.4. The van der Waals surface area contributed by atoms with Gasteiger partial charge < -0.3 is 4.74 Å². The van der Waals surface area contributed by atoms with Crippen LogP contribution < -0.4 is 15.0 Å². The van der Waals surface area contributed by atoms with E-state index in [-0.39, 0.29) is 15.6 Å². The summed E-state index contributed by atoms with van der Waals surface area (Å²) in [7, 11) is -6.26. The minimum absolute atomic E-state index is 0.00876. The lowest BCUT2D eigenvalue weighted by molar-refractivity contribution is 0.414. The molecular weight excluding hydrogens is 354 g/mol. The molecule has 126 valence electrons. The Labute approximate surface area is 139 Å². The maximum absolute atomic E-state index is 12.2. The van der Waals surface area contributed by atoms with Crippen molar-refractivity contribution in [1.82, 2.24) is 10.3 Å². The number of nitrogens with zero attached hydrogens (tertiary/aromatic N) is 1. The Hall–Kier alpha value is -2.43. The number of hydrogen-bond acceptors (Lipinski definition) is 6. The van der Waals surface area contributed by atoms with Gasteiger partial charge in [0.1, 0.15) is 10.6 Å². The van der Waals surface area contributed by atoms with Gasteiger partial charge in [0.05, 0.1) is 12.0 Å². The standard InChI is InChI=1S/C14H13N3O5S2/c1-22-10-6-8-11(9-7-10)23(18,19)17-15-14-12-4-2-3-5-13(12)24(20,21)16-14/h2-9,17H,1H3,(H,15,16). The van der Waals surface area contributed by atoms with Gasteiger partial charge in [-0.3, -0.25) is 5.43 Å². The smallest absolute Gasteiger partial charge is 0.285 e. The molecule has 0 aliphatic carbocycles. The summed E-state index contributed by atoms with van der Waals surface area (Å²) in [5.41, 5.74) is 2.66. The van der Waals surface area contributed by atoms with E-state index in [0.29, 0.717) is 11.3 Å². The van der Waals surface area contributed by atoms with Crippen LogP contribution >= 0.6 is 0 Å². The van der Waals surface area contributed by atoms with Crippen LogP contribution in [0.3, 0.4) is 0 Å². The second kappa shape index (κ2) is 5.89. The van der Waals surface area contributed by atoms with E-state index < -0.39 is 20.0 Å². The van der Waals surface area contributed by atoms with Crippen molar-refractivity contribution >= 4 is 25.9 Å². The molecule has 2 aromatic rings. The van der Waals surface area contributed by atoms with Gasteiger partial charge in [-0.1, -0.05) is 12.1 Å². The van der Waals surface area contributed by atoms with E-state index in [1.54, 1.807) is 12.1 Å². The van der Waals surface area contributed by atoms with Crippen LogP contribution in [0.15, 0.2) is 62.7 Å². The van der Waals surface area contributed by atoms with Crippen LogP contribution in [0.5, 0.6) is 5.75 Å². The van der Waals surface area contributed by atoms with Gasteiger partial charge in [-0.2, -0.15) is 8.42 Å². The van der Waals surface area contributed by atoms with Crippen LogP contribution in [0, 0.1) is 0 Å². The summed E-state index contributed by atoms with van der Waals surface area (Å²) in [6.07, 6.45) is 0. The molecule has 1 aliphatic heterocycles. The van der Waals surface area contributed by atoms with Gasteiger partial charge in [0.15, 0.2) is 5.84 Å². The molecule has 0 amide bonds. The van der Waals surface area contributed by atoms with Crippen LogP contribution in [0.25, 0.3) is 0 Å². The van der Waals surface area contributed by atoms with Gasteiger partial charge in [0, 0.05) is 5.56 Å². The molecule has 0 saturated heterocycles. The predicted molar refractivity (Wildman–Crippen MR) is 86.6 cm³/mol. The topological polar surface area (TPSA) is 114 Å². The Bertz CT molecular complexity index is 1010. The van der Waals surface area contributed by atoms with E-state index in [1.165, 1.54) is 43.5 Å². The Morgan fingerprint density at radius 2 is 1.71 bits per heavy atom. The minimum atomic E-state index is -3.90. The summed E-state index contributed by atoms with van der Waals surface area (Å²) < 4.78 is 56.8. The zero-order chi connectivity index (χ0) is 17.4. The molecule has 0 aromatic heterocycles. The summed E-state index contributed by atoms with van der Waals surface area (Å²) in [4.78, 5) is 2.14. The van der Waals surface area contributed by atoms with Gasteiger partial charge >= 0.3 is 0 Å². The van der Waals surface area contributed by atoms with Crippen LogP contribution in [-0.4, -0.2) is 29.8 Å². The van der Waals surface area contributed by atoms with Gasteiger partial charge in [0.2, 0.25) is 0 Å². The largest absolute Gasteiger partial charge is 0.497 e. The Kier molecular flexibility index (Phi) is 4.03. The first-order chi connectivity index (χ1) is 11.3. The summed E-state index contributed by atoms with van der Waals surface area (Å²) >= 11 is 0. The molecule has 0 radical (unpaired) electrons. The summed E-state index contributed by atoms with van der Waals surface area (Å²) in [6.45, 7) is 0. The molecule has 0 unspecified atom stereocenters. The third kappa shape index (κ3) is 2.98. The number of sulfonamides is 2. The lowest BCUT2D eigenvalue weighted by atomic mass is 10.2. The number of ether oxygens (including phenoxy) is 1. The molecule has 0 fully saturated rings. The fourth-order valence-corrected chi connectivity index (χ4v) is 4.14. The highest BCUT2D eigenvalue weighted by Crippen LogP contribution is 2.24. The van der Waals surface area contributed by atoms with E-state index >= 15 is 0 Å². The molecule has 10 heteroatoms. The van der Waals surface area contributed by atoms with Crippen molar-refractivity contribution in [2.24, 2.45) is 4.40 Å². The minimum Gasteiger partial charge on any atom is -0.497 e. The van der Waals surface area contributed by atoms with Crippen molar-refractivity contribution in [2.45, 2.75) is 9.79 Å². The van der Waals surface area contributed by atoms with Crippen LogP contribution in [0.1, 0.15) is 5.56 Å². The summed E-state index contributed by atoms with van der Waals surface area (Å²) in [5.74, 6) is 0.435. The Morgan fingerprint density at radius 1 is 1.04 bits per heavy atom. The number of nitrogens with one attached hydrogen (secondary N) is 2. The van der Waals surface area contributed by atoms with Gasteiger partial charge in [0.25, 0.3) is 20.0 Å². The molecule has 3 rings (SSSR count). The molecular formula is C14H13N3O5S2. The van der Waals surface area contributed by atoms with Crippen molar-refractivity contribution in [3.05, 3.63) is 54.1 Å². The monoisotopic (exact) mass is 367 g/mol. The molecule has 24 heavy (non-hydrogen) atoms. The number of methoxy groups -OCH3 is 1. The third-order valence-corrected chi connectivity index (χ3v) is 5.90. The average molecular weight is 367 g/mol. The molecule has 2 aromatic carbocycles. The zero-order valence-corrected chi connectivity index (χ0v) is 14.1. The lowest BCUT2D eigenvalue weighted by Gasteiger charge is -2.09. The number of hydrazine groups is 1. The summed E-state index contributed by atoms with van der Waals surface area (Å²) in [6, 6.07) is 11.9. The maximum atomic E-state index is 12.2. The number of hydrogen-bond donors (Lipinski definition) is 2. The number of amidine groups is 1. The third-order valence-electron chi connectivity index (χ3n) is 3.31. The second-order valence-electron chi connectivity index (χ2n) is 4.82. The van der Waals surface area contributed by atoms with Crippen LogP contribution in [0.4, 0.5) is 0 Å². The first-order valence-corrected chi connectivity index (χ1v) is 9.62. The quantitative estimate of drug-likeness (QED) is 0.766. The first kappa shape index (κ1) is 16.4. The maximum Gasteiger partial charge on any atom is 0.285 e. The van der Waals surface area contributed by atoms with Crippen LogP contribution in [0.2, 0.25) is 0 Å². The highest BCUT2D eigenvalue weighted by atomic mass is 32.2. The number of benzene rings is 2. The van der Waals surface area contributed by atoms with E-state index in [0.717, 1.165) is 0 Å². The lowest BCUT2D eigenvalue weighted by Crippen LogP contribution is -2.41. The number of fused-ring (bicyclic) bond motifs is 1. The van der Waals surface area contributed by atoms with Crippen molar-refractivity contribution in [3.63, 3.8) is 0 Å². The summed E-state index contributed by atoms with van der Waals surface area (Å²) in [5, 5.41) is 0. The highest BCUT2D eigenvalue weighted by molar-refractivity contribution is 7.91. The van der Waals surface area contributed by atoms with Crippen molar-refractivity contribution in [2.75, 3.05) is 7.11 Å². The van der Waals surface area contributed by atoms with Crippen LogP contribution in [-0.2, 0) is 20.0 Å². The Morgan fingerprint density at radius 3 is 2.38 bits per heavy atom. The average Bonchev–Trinajstić information content (AvgIpc) is 2.84. The normalized spacial score (nSPS) is 15.5. The highest BCUT2D eigenvalue weighted by Gasteiger charge is 2.29. The molecule has 0 bridgehead atoms. The van der Waals surface area contributed by atoms with Crippen molar-refractivity contribution in [3.8, 4) is 5.75 Å². The predicted octanol–water partition coefficient (Wildman–Crippen LogP) is 0.627. The number of rotatable bonds is 4. The molecule has 0 atom stereocenters. The van der Waals surface area contributed by atoms with Crippen molar-refractivity contribution < 1.29 is 21.6 Å². The molecule has 0 saturated carbocycles. The van der Waals surface area contributed by atoms with E-state index in [4.69, 9.17) is 4.74 Å². The fraction of sp³-hybridized carbons (Fsp3) is 0.0714. The molecule has 2 N–H and O–H groups in total. The van der Waals surface area contributed by atoms with Gasteiger partial charge in [-0.25, -0.2) is 8.42 Å². The van der Waals surface area contributed by atoms with E-state index in [1.807, 2.05) is 0 Å². The molecule has 8 nitrogen and oxygen atoms in total. The SMILES string of the molecule is COc1ccc(S(=O)(=O)NNC2=NS(=O)(=O)c3ccccc32)cc1. The molecule has 0 spiro atoms. The van der Waals surface area contributed by atoms with E-state index in [2.05, 4.69) is 14.7 Å². The van der Waals surface area contributed by atoms with E-state index in [9.17, 15) is 16.8 Å². The van der Waals surface area contributed by atoms with Gasteiger partial charge in [-0.15, -0.1) is 9.23 Å². The Balaban J connectivity index is 1.83. The van der Waals surface area contributed by atoms with Gasteiger partial charge in [-0.05, 0) is 36.4 Å². The fourth-order valence-electron chi connectivity index (χ4n) is 2.13.